The summed E-state index contributed by atoms with van der Waals surface area (Å²) >= 11 is 6.41. The van der Waals surface area contributed by atoms with E-state index in [1.807, 2.05) is 11.0 Å². The largest absolute Gasteiger partial charge is 0.479 e. The molecule has 2 aromatic heterocycles. The van der Waals surface area contributed by atoms with Crippen molar-refractivity contribution < 1.29 is 14.3 Å². The fourth-order valence-corrected chi connectivity index (χ4v) is 4.47. The number of amides is 2. The number of primary amides is 1. The van der Waals surface area contributed by atoms with Gasteiger partial charge in [-0.05, 0) is 23.8 Å². The summed E-state index contributed by atoms with van der Waals surface area (Å²) in [6, 6.07) is 5.41. The Morgan fingerprint density at radius 3 is 2.80 bits per heavy atom. The van der Waals surface area contributed by atoms with Gasteiger partial charge in [-0.2, -0.15) is 0 Å². The Labute approximate surface area is 177 Å². The Bertz CT molecular complexity index is 1170. The Balaban J connectivity index is 1.58. The highest BCUT2D eigenvalue weighted by Gasteiger charge is 2.35. The second kappa shape index (κ2) is 7.30. The number of fused-ring (bicyclic) bond motifs is 2. The van der Waals surface area contributed by atoms with Gasteiger partial charge in [-0.1, -0.05) is 11.6 Å². The third kappa shape index (κ3) is 3.09. The normalized spacial score (nSPS) is 18.3. The minimum atomic E-state index is -0.588. The molecule has 5 rings (SSSR count). The van der Waals surface area contributed by atoms with Gasteiger partial charge in [0.15, 0.2) is 6.10 Å². The Morgan fingerprint density at radius 1 is 1.23 bits per heavy atom. The molecule has 2 aliphatic heterocycles. The predicted molar refractivity (Wildman–Crippen MR) is 113 cm³/mol. The van der Waals surface area contributed by atoms with E-state index in [4.69, 9.17) is 22.1 Å². The molecule has 154 valence electrons. The fourth-order valence-electron chi connectivity index (χ4n) is 4.23. The van der Waals surface area contributed by atoms with Crippen LogP contribution in [0.3, 0.4) is 0 Å². The van der Waals surface area contributed by atoms with Crippen LogP contribution in [0.5, 0.6) is 5.75 Å². The van der Waals surface area contributed by atoms with Crippen LogP contribution in [-0.2, 0) is 11.2 Å². The highest BCUT2D eigenvalue weighted by atomic mass is 35.5. The van der Waals surface area contributed by atoms with Crippen molar-refractivity contribution in [2.75, 3.05) is 26.2 Å². The van der Waals surface area contributed by atoms with E-state index in [0.29, 0.717) is 52.4 Å². The van der Waals surface area contributed by atoms with Crippen molar-refractivity contribution in [2.24, 2.45) is 5.73 Å². The fraction of sp³-hybridized carbons (Fsp3) is 0.286. The van der Waals surface area contributed by atoms with Gasteiger partial charge in [0, 0.05) is 66.5 Å². The molecule has 3 aromatic rings. The van der Waals surface area contributed by atoms with Gasteiger partial charge in [-0.3, -0.25) is 9.59 Å². The van der Waals surface area contributed by atoms with Gasteiger partial charge in [0.1, 0.15) is 11.4 Å². The van der Waals surface area contributed by atoms with Gasteiger partial charge in [0.05, 0.1) is 5.56 Å². The number of nitrogens with one attached hydrogen (secondary N) is 2. The molecule has 4 heterocycles. The van der Waals surface area contributed by atoms with Gasteiger partial charge in [0.25, 0.3) is 11.8 Å². The summed E-state index contributed by atoms with van der Waals surface area (Å²) in [7, 11) is 0. The minimum Gasteiger partial charge on any atom is -0.479 e. The minimum absolute atomic E-state index is 0.0193. The van der Waals surface area contributed by atoms with Crippen LogP contribution in [0.2, 0.25) is 5.02 Å². The molecule has 8 nitrogen and oxygen atoms in total. The maximum atomic E-state index is 13.0. The van der Waals surface area contributed by atoms with Crippen molar-refractivity contribution >= 4 is 34.4 Å². The number of hydrogen-bond donors (Lipinski definition) is 3. The molecule has 0 bridgehead atoms. The van der Waals surface area contributed by atoms with E-state index in [1.54, 1.807) is 24.5 Å². The number of H-pyrrole nitrogens is 1. The number of carbonyl (C=O) groups excluding carboxylic acids is 2. The molecule has 2 amide bonds. The molecule has 1 saturated heterocycles. The topological polar surface area (TPSA) is 113 Å². The van der Waals surface area contributed by atoms with E-state index in [-0.39, 0.29) is 5.91 Å². The number of halogens is 1. The number of benzene rings is 1. The van der Waals surface area contributed by atoms with Gasteiger partial charge in [0.2, 0.25) is 0 Å². The zero-order chi connectivity index (χ0) is 20.8. The van der Waals surface area contributed by atoms with E-state index in [9.17, 15) is 9.59 Å². The number of aromatic amines is 1. The van der Waals surface area contributed by atoms with Crippen molar-refractivity contribution in [1.29, 1.82) is 0 Å². The van der Waals surface area contributed by atoms with Crippen molar-refractivity contribution in [3.8, 4) is 16.9 Å². The SMILES string of the molecule is NC(=O)c1c[nH]c2nccc(-c3cc(Cl)cc4c3O[C@@H](C(=O)N3CCNCC3)C4)c12. The average molecular weight is 426 g/mol. The zero-order valence-corrected chi connectivity index (χ0v) is 16.8. The number of nitrogens with zero attached hydrogens (tertiary/aromatic N) is 2. The number of nitrogens with two attached hydrogens (primary N) is 1. The van der Waals surface area contributed by atoms with Crippen LogP contribution in [0.4, 0.5) is 0 Å². The second-order valence-electron chi connectivity index (χ2n) is 7.48. The molecule has 30 heavy (non-hydrogen) atoms. The summed E-state index contributed by atoms with van der Waals surface area (Å²) in [4.78, 5) is 34.0. The van der Waals surface area contributed by atoms with Crippen LogP contribution >= 0.6 is 11.6 Å². The number of pyridine rings is 1. The predicted octanol–water partition coefficient (Wildman–Crippen LogP) is 1.72. The highest BCUT2D eigenvalue weighted by Crippen LogP contribution is 2.43. The molecule has 1 fully saturated rings. The maximum absolute atomic E-state index is 13.0. The second-order valence-corrected chi connectivity index (χ2v) is 7.91. The first kappa shape index (κ1) is 18.9. The molecule has 0 unspecified atom stereocenters. The molecule has 0 radical (unpaired) electrons. The van der Waals surface area contributed by atoms with Gasteiger partial charge < -0.3 is 25.7 Å². The van der Waals surface area contributed by atoms with E-state index < -0.39 is 12.0 Å². The van der Waals surface area contributed by atoms with E-state index >= 15 is 0 Å². The summed E-state index contributed by atoms with van der Waals surface area (Å²) in [5.74, 6) is 0.0352. The number of carbonyl (C=O) groups is 2. The van der Waals surface area contributed by atoms with E-state index in [1.165, 1.54) is 0 Å². The van der Waals surface area contributed by atoms with Crippen molar-refractivity contribution in [2.45, 2.75) is 12.5 Å². The first-order valence-corrected chi connectivity index (χ1v) is 10.2. The standard InChI is InChI=1S/C21H20ClN5O3/c22-12-7-11-8-16(21(29)27-5-3-24-4-6-27)30-18(11)14(9-12)13-1-2-25-20-17(13)15(10-26-20)19(23)28/h1-2,7,9-10,16,24H,3-6,8H2,(H2,23,28)(H,25,26)/t16-/m1/s1. The number of ether oxygens (including phenoxy) is 1. The lowest BCUT2D eigenvalue weighted by Gasteiger charge is -2.29. The molecule has 9 heteroatoms. The molecule has 0 aliphatic carbocycles. The van der Waals surface area contributed by atoms with Gasteiger partial charge in [-0.25, -0.2) is 4.98 Å². The molecule has 0 spiro atoms. The molecule has 0 saturated carbocycles. The summed E-state index contributed by atoms with van der Waals surface area (Å²) in [5, 5.41) is 4.38. The lowest BCUT2D eigenvalue weighted by molar-refractivity contribution is -0.138. The molecule has 2 aliphatic rings. The van der Waals surface area contributed by atoms with Gasteiger partial charge >= 0.3 is 0 Å². The molecule has 4 N–H and O–H groups in total. The first-order chi connectivity index (χ1) is 14.5. The van der Waals surface area contributed by atoms with Crippen LogP contribution in [0.1, 0.15) is 15.9 Å². The van der Waals surface area contributed by atoms with E-state index in [0.717, 1.165) is 24.2 Å². The monoisotopic (exact) mass is 425 g/mol. The van der Waals surface area contributed by atoms with E-state index in [2.05, 4.69) is 15.3 Å². The zero-order valence-electron chi connectivity index (χ0n) is 16.1. The number of aromatic nitrogens is 2. The van der Waals surface area contributed by atoms with Gasteiger partial charge in [-0.15, -0.1) is 0 Å². The Hall–Kier alpha value is -3.10. The van der Waals surface area contributed by atoms with Crippen molar-refractivity contribution in [3.05, 3.63) is 46.7 Å². The molecule has 1 aromatic carbocycles. The highest BCUT2D eigenvalue weighted by molar-refractivity contribution is 6.31. The summed E-state index contributed by atoms with van der Waals surface area (Å²) in [6.45, 7) is 2.89. The van der Waals surface area contributed by atoms with Crippen LogP contribution < -0.4 is 15.8 Å². The van der Waals surface area contributed by atoms with Crippen LogP contribution in [0.25, 0.3) is 22.2 Å². The smallest absolute Gasteiger partial charge is 0.264 e. The maximum Gasteiger partial charge on any atom is 0.264 e. The van der Waals surface area contributed by atoms with Crippen molar-refractivity contribution in [3.63, 3.8) is 0 Å². The summed E-state index contributed by atoms with van der Waals surface area (Å²) in [5.41, 5.74) is 8.75. The third-order valence-electron chi connectivity index (χ3n) is 5.63. The number of rotatable bonds is 3. The summed E-state index contributed by atoms with van der Waals surface area (Å²) < 4.78 is 6.17. The molecular weight excluding hydrogens is 406 g/mol. The third-order valence-corrected chi connectivity index (χ3v) is 5.85. The summed E-state index contributed by atoms with van der Waals surface area (Å²) in [6.07, 6.45) is 3.06. The quantitative estimate of drug-likeness (QED) is 0.591. The first-order valence-electron chi connectivity index (χ1n) is 9.78. The lowest BCUT2D eigenvalue weighted by Crippen LogP contribution is -2.50. The number of hydrogen-bond acceptors (Lipinski definition) is 5. The number of piperazine rings is 1. The Kier molecular flexibility index (Phi) is 4.60. The average Bonchev–Trinajstić information content (AvgIpc) is 3.37. The van der Waals surface area contributed by atoms with Crippen LogP contribution in [0.15, 0.2) is 30.6 Å². The van der Waals surface area contributed by atoms with Crippen LogP contribution in [0, 0.1) is 0 Å². The molecular formula is C21H20ClN5O3. The lowest BCUT2D eigenvalue weighted by atomic mass is 9.97. The van der Waals surface area contributed by atoms with Crippen molar-refractivity contribution in [1.82, 2.24) is 20.2 Å². The Morgan fingerprint density at radius 2 is 2.03 bits per heavy atom. The molecule has 1 atom stereocenters. The van der Waals surface area contributed by atoms with Crippen LogP contribution in [-0.4, -0.2) is 59.0 Å².